The van der Waals surface area contributed by atoms with Gasteiger partial charge in [0.05, 0.1) is 35.6 Å². The highest BCUT2D eigenvalue weighted by Gasteiger charge is 2.30. The average molecular weight is 487 g/mol. The number of nitrogens with one attached hydrogen (secondary N) is 1. The van der Waals surface area contributed by atoms with Crippen molar-refractivity contribution < 1.29 is 22.8 Å². The standard InChI is InChI=1S/C20H23FN2O3S.C2H6.CH3ClO/c1-13-11-18-15(12-16(13)21)20(22-10-6-5-9-19(24)25)14-7-3-4-8-17(14)23(2)27(18)26;1-2;1-3-2/h3-4,7-8,11-12,20,22H,5-6,9-10H2,1-2H3,(H,24,25);1-2H3;1H3. The lowest BCUT2D eigenvalue weighted by Crippen LogP contribution is -2.24. The van der Waals surface area contributed by atoms with E-state index in [9.17, 15) is 13.4 Å². The quantitative estimate of drug-likeness (QED) is 0.538. The van der Waals surface area contributed by atoms with Crippen LogP contribution in [0.3, 0.4) is 0 Å². The molecule has 1 aliphatic rings. The first-order valence-corrected chi connectivity index (χ1v) is 11.9. The molecule has 0 amide bonds. The van der Waals surface area contributed by atoms with E-state index in [1.54, 1.807) is 24.3 Å². The van der Waals surface area contributed by atoms with Gasteiger partial charge >= 0.3 is 5.97 Å². The van der Waals surface area contributed by atoms with Crippen LogP contribution in [0, 0.1) is 12.7 Å². The number of halogens is 2. The first-order valence-electron chi connectivity index (χ1n) is 10.5. The van der Waals surface area contributed by atoms with Gasteiger partial charge in [-0.3, -0.25) is 13.4 Å². The Morgan fingerprint density at radius 1 is 1.25 bits per heavy atom. The lowest BCUT2D eigenvalue weighted by Gasteiger charge is -2.22. The van der Waals surface area contributed by atoms with Gasteiger partial charge in [0.1, 0.15) is 5.82 Å². The second kappa shape index (κ2) is 14.2. The number of hydrogen-bond donors (Lipinski definition) is 2. The molecule has 0 aromatic heterocycles. The van der Waals surface area contributed by atoms with E-state index in [2.05, 4.69) is 21.5 Å². The largest absolute Gasteiger partial charge is 0.481 e. The second-order valence-electron chi connectivity index (χ2n) is 6.84. The van der Waals surface area contributed by atoms with Crippen molar-refractivity contribution in [1.82, 2.24) is 5.32 Å². The maximum absolute atomic E-state index is 14.3. The lowest BCUT2D eigenvalue weighted by atomic mass is 9.95. The Kier molecular flexibility index (Phi) is 12.4. The minimum atomic E-state index is -1.44. The highest BCUT2D eigenvalue weighted by Crippen LogP contribution is 2.39. The van der Waals surface area contributed by atoms with Gasteiger partial charge in [0.25, 0.3) is 0 Å². The third-order valence-corrected chi connectivity index (χ3v) is 6.22. The topological polar surface area (TPSA) is 78.9 Å². The number of aryl methyl sites for hydroxylation is 1. The predicted octanol–water partition coefficient (Wildman–Crippen LogP) is 5.35. The van der Waals surface area contributed by atoms with Crippen molar-refractivity contribution in [3.05, 3.63) is 58.9 Å². The van der Waals surface area contributed by atoms with Gasteiger partial charge in [-0.25, -0.2) is 8.60 Å². The van der Waals surface area contributed by atoms with Crippen LogP contribution in [0.25, 0.3) is 0 Å². The van der Waals surface area contributed by atoms with Crippen molar-refractivity contribution in [3.63, 3.8) is 0 Å². The Bertz CT molecular complexity index is 914. The molecule has 2 aromatic carbocycles. The van der Waals surface area contributed by atoms with E-state index >= 15 is 0 Å². The third-order valence-electron chi connectivity index (χ3n) is 4.79. The zero-order valence-electron chi connectivity index (χ0n) is 19.2. The molecule has 2 aromatic rings. The molecule has 9 heteroatoms. The number of rotatable bonds is 6. The van der Waals surface area contributed by atoms with Crippen molar-refractivity contribution in [2.45, 2.75) is 51.0 Å². The van der Waals surface area contributed by atoms with Crippen molar-refractivity contribution in [3.8, 4) is 0 Å². The summed E-state index contributed by atoms with van der Waals surface area (Å²) in [5.41, 5.74) is 2.87. The summed E-state index contributed by atoms with van der Waals surface area (Å²) in [6.45, 7) is 6.25. The molecular formula is C23H32ClFN2O4S. The van der Waals surface area contributed by atoms with Crippen LogP contribution >= 0.6 is 11.9 Å². The third kappa shape index (κ3) is 7.27. The molecule has 0 radical (unpaired) electrons. The fourth-order valence-electron chi connectivity index (χ4n) is 3.34. The van der Waals surface area contributed by atoms with E-state index in [0.717, 1.165) is 11.3 Å². The number of carboxylic acid groups (broad SMARTS) is 1. The van der Waals surface area contributed by atoms with E-state index in [0.29, 0.717) is 35.4 Å². The summed E-state index contributed by atoms with van der Waals surface area (Å²) in [6, 6.07) is 10.5. The SMILES string of the molecule is CC.COCl.Cc1cc2c(cc1F)C(NCCCCC(=O)O)c1ccccc1N(C)S2=O. The van der Waals surface area contributed by atoms with Crippen LogP contribution in [0.15, 0.2) is 41.3 Å². The van der Waals surface area contributed by atoms with Gasteiger partial charge in [-0.2, -0.15) is 0 Å². The maximum atomic E-state index is 14.3. The smallest absolute Gasteiger partial charge is 0.303 e. The molecule has 0 fully saturated rings. The molecule has 0 bridgehead atoms. The molecule has 0 aliphatic carbocycles. The van der Waals surface area contributed by atoms with Crippen molar-refractivity contribution in [1.29, 1.82) is 0 Å². The number of para-hydroxylation sites is 1. The predicted molar refractivity (Wildman–Crippen MR) is 128 cm³/mol. The number of nitrogens with zero attached hydrogens (tertiary/aromatic N) is 1. The van der Waals surface area contributed by atoms with Gasteiger partial charge in [-0.15, -0.1) is 0 Å². The number of anilines is 1. The summed E-state index contributed by atoms with van der Waals surface area (Å²) in [6.07, 6.45) is 1.38. The molecule has 2 N–H and O–H groups in total. The van der Waals surface area contributed by atoms with Crippen LogP contribution < -0.4 is 9.62 Å². The molecule has 0 saturated carbocycles. The Morgan fingerprint density at radius 3 is 2.50 bits per heavy atom. The Balaban J connectivity index is 0.000000944. The molecule has 0 saturated heterocycles. The number of unbranched alkanes of at least 4 members (excludes halogenated alkanes) is 1. The molecule has 6 nitrogen and oxygen atoms in total. The number of aliphatic carboxylic acids is 1. The van der Waals surface area contributed by atoms with Gasteiger partial charge in [-0.1, -0.05) is 32.0 Å². The van der Waals surface area contributed by atoms with Gasteiger partial charge in [-0.05, 0) is 61.2 Å². The maximum Gasteiger partial charge on any atom is 0.303 e. The Hall–Kier alpha value is -2.00. The highest BCUT2D eigenvalue weighted by atomic mass is 35.5. The minimum Gasteiger partial charge on any atom is -0.481 e. The molecule has 3 rings (SSSR count). The first kappa shape index (κ1) is 28.0. The fraction of sp³-hybridized carbons (Fsp3) is 0.435. The van der Waals surface area contributed by atoms with E-state index in [1.165, 1.54) is 13.2 Å². The molecule has 32 heavy (non-hydrogen) atoms. The average Bonchev–Trinajstić information content (AvgIpc) is 2.86. The van der Waals surface area contributed by atoms with Crippen LogP contribution in [-0.2, 0) is 20.1 Å². The van der Waals surface area contributed by atoms with Crippen LogP contribution in [-0.4, -0.2) is 36.0 Å². The van der Waals surface area contributed by atoms with E-state index < -0.39 is 17.0 Å². The summed E-state index contributed by atoms with van der Waals surface area (Å²) in [7, 11) is 1.72. The van der Waals surface area contributed by atoms with Crippen LogP contribution in [0.4, 0.5) is 10.1 Å². The van der Waals surface area contributed by atoms with Gasteiger partial charge < -0.3 is 10.4 Å². The molecule has 1 aliphatic heterocycles. The van der Waals surface area contributed by atoms with Crippen molar-refractivity contribution >= 4 is 34.5 Å². The van der Waals surface area contributed by atoms with Gasteiger partial charge in [0.15, 0.2) is 11.0 Å². The normalized spacial score (nSPS) is 16.4. The number of benzene rings is 2. The van der Waals surface area contributed by atoms with Gasteiger partial charge in [0, 0.05) is 13.5 Å². The monoisotopic (exact) mass is 486 g/mol. The van der Waals surface area contributed by atoms with E-state index in [1.807, 2.05) is 38.1 Å². The van der Waals surface area contributed by atoms with Crippen molar-refractivity contribution in [2.24, 2.45) is 0 Å². The number of hydrogen-bond acceptors (Lipinski definition) is 4. The summed E-state index contributed by atoms with van der Waals surface area (Å²) >= 11 is 4.50. The summed E-state index contributed by atoms with van der Waals surface area (Å²) < 4.78 is 32.8. The van der Waals surface area contributed by atoms with Crippen molar-refractivity contribution in [2.75, 3.05) is 25.0 Å². The van der Waals surface area contributed by atoms with Crippen LogP contribution in [0.2, 0.25) is 0 Å². The Labute approximate surface area is 197 Å². The van der Waals surface area contributed by atoms with E-state index in [4.69, 9.17) is 5.11 Å². The fourth-order valence-corrected chi connectivity index (χ4v) is 4.63. The number of fused-ring (bicyclic) bond motifs is 2. The highest BCUT2D eigenvalue weighted by molar-refractivity contribution is 7.86. The number of carbonyl (C=O) groups is 1. The van der Waals surface area contributed by atoms with Crippen LogP contribution in [0.1, 0.15) is 55.8 Å². The summed E-state index contributed by atoms with van der Waals surface area (Å²) in [4.78, 5) is 11.3. The first-order chi connectivity index (χ1) is 15.3. The molecule has 2 unspecified atom stereocenters. The second-order valence-corrected chi connectivity index (χ2v) is 8.63. The lowest BCUT2D eigenvalue weighted by molar-refractivity contribution is -0.137. The zero-order valence-corrected chi connectivity index (χ0v) is 20.7. The molecule has 2 atom stereocenters. The molecule has 0 spiro atoms. The molecular weight excluding hydrogens is 455 g/mol. The number of carboxylic acids is 1. The summed E-state index contributed by atoms with van der Waals surface area (Å²) in [5.74, 6) is -1.14. The zero-order chi connectivity index (χ0) is 24.3. The van der Waals surface area contributed by atoms with Gasteiger partial charge in [0.2, 0.25) is 0 Å². The molecule has 178 valence electrons. The van der Waals surface area contributed by atoms with Crippen LogP contribution in [0.5, 0.6) is 0 Å². The summed E-state index contributed by atoms with van der Waals surface area (Å²) in [5, 5.41) is 12.2. The Morgan fingerprint density at radius 2 is 1.88 bits per heavy atom. The van der Waals surface area contributed by atoms with E-state index in [-0.39, 0.29) is 18.3 Å². The minimum absolute atomic E-state index is 0.125. The molecule has 1 heterocycles.